The molecule has 1 spiro atoms. The summed E-state index contributed by atoms with van der Waals surface area (Å²) in [6, 6.07) is 4.19. The lowest BCUT2D eigenvalue weighted by Crippen LogP contribution is -2.57. The Balaban J connectivity index is 1.80. The first-order valence-electron chi connectivity index (χ1n) is 11.9. The molecular weight excluding hydrogens is 504 g/mol. The van der Waals surface area contributed by atoms with Crippen LogP contribution in [-0.2, 0) is 23.9 Å². The maximum atomic E-state index is 13.9. The second-order valence-corrected chi connectivity index (χ2v) is 11.1. The number of aryl methyl sites for hydroxylation is 2. The molecule has 2 bridgehead atoms. The van der Waals surface area contributed by atoms with Gasteiger partial charge in [0.1, 0.15) is 11.6 Å². The van der Waals surface area contributed by atoms with Gasteiger partial charge in [-0.05, 0) is 50.3 Å². The lowest BCUT2D eigenvalue weighted by molar-refractivity contribution is -0.155. The lowest BCUT2D eigenvalue weighted by Gasteiger charge is -2.38. The highest BCUT2D eigenvalue weighted by molar-refractivity contribution is 9.09. The van der Waals surface area contributed by atoms with Crippen LogP contribution in [0, 0.1) is 31.6 Å². The fraction of sp³-hybridized carbons (Fsp3) is 0.640. The Morgan fingerprint density at radius 3 is 2.68 bits per heavy atom. The fourth-order valence-corrected chi connectivity index (χ4v) is 6.87. The first kappa shape index (κ1) is 25.1. The number of carbonyl (C=O) groups is 3. The van der Waals surface area contributed by atoms with Crippen LogP contribution >= 0.6 is 15.9 Å². The van der Waals surface area contributed by atoms with Crippen molar-refractivity contribution in [3.63, 3.8) is 0 Å². The van der Waals surface area contributed by atoms with Crippen LogP contribution in [0.2, 0.25) is 0 Å². The maximum Gasteiger partial charge on any atom is 0.312 e. The van der Waals surface area contributed by atoms with Crippen LogP contribution in [0.25, 0.3) is 0 Å². The number of nitrogens with zero attached hydrogens (tertiary/aromatic N) is 1. The summed E-state index contributed by atoms with van der Waals surface area (Å²) >= 11 is 3.63. The molecule has 1 unspecified atom stereocenters. The number of carbonyl (C=O) groups excluding carboxylic acids is 3. The maximum absolute atomic E-state index is 13.9. The molecule has 0 aromatic heterocycles. The summed E-state index contributed by atoms with van der Waals surface area (Å²) < 4.78 is 11.7. The minimum absolute atomic E-state index is 0.113. The summed E-state index contributed by atoms with van der Waals surface area (Å²) in [5, 5.41) is 13.2. The molecule has 9 heteroatoms. The van der Waals surface area contributed by atoms with E-state index in [0.717, 1.165) is 11.1 Å². The highest BCUT2D eigenvalue weighted by Crippen LogP contribution is 2.60. The molecule has 0 radical (unpaired) electrons. The van der Waals surface area contributed by atoms with Crippen LogP contribution in [-0.4, -0.2) is 69.6 Å². The summed E-state index contributed by atoms with van der Waals surface area (Å²) in [5.74, 6) is -2.97. The normalized spacial score (nSPS) is 32.8. The first-order chi connectivity index (χ1) is 16.1. The van der Waals surface area contributed by atoms with Crippen LogP contribution in [0.15, 0.2) is 18.2 Å². The molecule has 3 saturated heterocycles. The molecule has 34 heavy (non-hydrogen) atoms. The molecule has 1 aromatic carbocycles. The minimum Gasteiger partial charge on any atom is -0.466 e. The Morgan fingerprint density at radius 2 is 2.06 bits per heavy atom. The van der Waals surface area contributed by atoms with Gasteiger partial charge in [-0.25, -0.2) is 0 Å². The van der Waals surface area contributed by atoms with Gasteiger partial charge in [0.25, 0.3) is 0 Å². The van der Waals surface area contributed by atoms with Crippen LogP contribution in [0.5, 0.6) is 0 Å². The van der Waals surface area contributed by atoms with Gasteiger partial charge in [0.15, 0.2) is 0 Å². The van der Waals surface area contributed by atoms with Crippen molar-refractivity contribution in [3.8, 4) is 0 Å². The Hall–Kier alpha value is -1.97. The molecule has 3 heterocycles. The van der Waals surface area contributed by atoms with Gasteiger partial charge in [-0.3, -0.25) is 14.4 Å². The molecule has 0 aliphatic carbocycles. The first-order valence-corrected chi connectivity index (χ1v) is 12.8. The SMILES string of the molecule is CCOC(=O)[C@@H]1[C@H]2O[C@@]3(CC2Br)[C@H](C(=O)Nc2cc(C)ccc2C)N([C@@H](CO)C(C)C)C(=O)[C@@H]13. The molecular formula is C25H33BrN2O6. The van der Waals surface area contributed by atoms with Crippen molar-refractivity contribution in [3.05, 3.63) is 29.3 Å². The second-order valence-electron chi connectivity index (χ2n) is 9.96. The van der Waals surface area contributed by atoms with Crippen molar-refractivity contribution < 1.29 is 29.0 Å². The molecule has 3 aliphatic rings. The van der Waals surface area contributed by atoms with Crippen LogP contribution in [0.3, 0.4) is 0 Å². The van der Waals surface area contributed by atoms with Gasteiger partial charge in [0.05, 0.1) is 37.2 Å². The molecule has 8 nitrogen and oxygen atoms in total. The standard InChI is InChI=1S/C25H33BrN2O6/c1-6-33-24(32)18-19-23(31)28(17(11-29)12(2)3)21(25(19)10-15(26)20(18)34-25)22(30)27-16-9-13(4)7-8-14(16)5/h7-9,12,15,17-21,29H,6,10-11H2,1-5H3,(H,27,30)/t15?,17-,18-,19+,20-,21-,25+/m0/s1. The monoisotopic (exact) mass is 536 g/mol. The van der Waals surface area contributed by atoms with E-state index in [1.165, 1.54) is 4.90 Å². The Bertz CT molecular complexity index is 1000. The molecule has 2 N–H and O–H groups in total. The van der Waals surface area contributed by atoms with Crippen molar-refractivity contribution in [1.29, 1.82) is 0 Å². The van der Waals surface area contributed by atoms with E-state index in [2.05, 4.69) is 21.2 Å². The van der Waals surface area contributed by atoms with Crippen LogP contribution in [0.4, 0.5) is 5.69 Å². The molecule has 0 saturated carbocycles. The number of aliphatic hydroxyl groups excluding tert-OH is 1. The summed E-state index contributed by atoms with van der Waals surface area (Å²) in [5.41, 5.74) is 1.36. The predicted molar refractivity (Wildman–Crippen MR) is 129 cm³/mol. The van der Waals surface area contributed by atoms with E-state index in [1.54, 1.807) is 6.92 Å². The van der Waals surface area contributed by atoms with Crippen molar-refractivity contribution in [1.82, 2.24) is 4.90 Å². The highest BCUT2D eigenvalue weighted by Gasteiger charge is 2.77. The molecule has 186 valence electrons. The van der Waals surface area contributed by atoms with Gasteiger partial charge in [0.2, 0.25) is 11.8 Å². The molecule has 2 amide bonds. The van der Waals surface area contributed by atoms with Gasteiger partial charge < -0.3 is 24.8 Å². The second kappa shape index (κ2) is 9.24. The van der Waals surface area contributed by atoms with E-state index < -0.39 is 41.6 Å². The number of amides is 2. The number of fused-ring (bicyclic) bond motifs is 1. The zero-order valence-electron chi connectivity index (χ0n) is 20.2. The zero-order chi connectivity index (χ0) is 24.9. The molecule has 3 aliphatic heterocycles. The van der Waals surface area contributed by atoms with Crippen molar-refractivity contribution in [2.24, 2.45) is 17.8 Å². The Kier molecular flexibility index (Phi) is 6.83. The van der Waals surface area contributed by atoms with Gasteiger partial charge in [-0.15, -0.1) is 0 Å². The van der Waals surface area contributed by atoms with E-state index in [9.17, 15) is 19.5 Å². The molecule has 4 rings (SSSR count). The van der Waals surface area contributed by atoms with Crippen LogP contribution < -0.4 is 5.32 Å². The van der Waals surface area contributed by atoms with E-state index in [-0.39, 0.29) is 35.8 Å². The molecule has 1 aromatic rings. The van der Waals surface area contributed by atoms with E-state index in [0.29, 0.717) is 12.1 Å². The number of benzene rings is 1. The third-order valence-electron chi connectivity index (χ3n) is 7.50. The van der Waals surface area contributed by atoms with E-state index >= 15 is 0 Å². The van der Waals surface area contributed by atoms with Crippen molar-refractivity contribution in [2.45, 2.75) is 69.7 Å². The number of aliphatic hydroxyl groups is 1. The van der Waals surface area contributed by atoms with E-state index in [4.69, 9.17) is 9.47 Å². The zero-order valence-corrected chi connectivity index (χ0v) is 21.8. The lowest BCUT2D eigenvalue weighted by atomic mass is 9.70. The van der Waals surface area contributed by atoms with Crippen LogP contribution in [0.1, 0.15) is 38.3 Å². The number of nitrogens with one attached hydrogen (secondary N) is 1. The number of halogens is 1. The summed E-state index contributed by atoms with van der Waals surface area (Å²) in [6.45, 7) is 9.25. The average molecular weight is 537 g/mol. The molecule has 7 atom stereocenters. The van der Waals surface area contributed by atoms with Crippen molar-refractivity contribution >= 4 is 39.4 Å². The summed E-state index contributed by atoms with van der Waals surface area (Å²) in [6.07, 6.45) is -0.153. The minimum atomic E-state index is -1.18. The number of alkyl halides is 1. The number of anilines is 1. The summed E-state index contributed by atoms with van der Waals surface area (Å²) in [7, 11) is 0. The third-order valence-corrected chi connectivity index (χ3v) is 8.34. The quantitative estimate of drug-likeness (QED) is 0.409. The number of hydrogen-bond acceptors (Lipinski definition) is 6. The Labute approximate surface area is 208 Å². The number of rotatable bonds is 7. The van der Waals surface area contributed by atoms with E-state index in [1.807, 2.05) is 45.9 Å². The van der Waals surface area contributed by atoms with Gasteiger partial charge in [-0.2, -0.15) is 0 Å². The topological polar surface area (TPSA) is 105 Å². The Morgan fingerprint density at radius 1 is 1.35 bits per heavy atom. The van der Waals surface area contributed by atoms with Gasteiger partial charge in [-0.1, -0.05) is 41.9 Å². The van der Waals surface area contributed by atoms with Gasteiger partial charge in [0, 0.05) is 10.5 Å². The number of likely N-dealkylation sites (tertiary alicyclic amines) is 1. The van der Waals surface area contributed by atoms with Gasteiger partial charge >= 0.3 is 5.97 Å². The van der Waals surface area contributed by atoms with Crippen molar-refractivity contribution in [2.75, 3.05) is 18.5 Å². The summed E-state index contributed by atoms with van der Waals surface area (Å²) in [4.78, 5) is 42.1. The fourth-order valence-electron chi connectivity index (χ4n) is 5.92. The smallest absolute Gasteiger partial charge is 0.312 e. The largest absolute Gasteiger partial charge is 0.466 e. The number of esters is 1. The number of ether oxygens (including phenoxy) is 2. The third kappa shape index (κ3) is 3.76. The highest BCUT2D eigenvalue weighted by atomic mass is 79.9. The number of hydrogen-bond donors (Lipinski definition) is 2. The predicted octanol–water partition coefficient (Wildman–Crippen LogP) is 2.57. The average Bonchev–Trinajstić information content (AvgIpc) is 3.35. The molecule has 3 fully saturated rings.